The third-order valence-corrected chi connectivity index (χ3v) is 5.04. The van der Waals surface area contributed by atoms with Gasteiger partial charge in [-0.2, -0.15) is 0 Å². The first-order valence-electron chi connectivity index (χ1n) is 8.70. The highest BCUT2D eigenvalue weighted by molar-refractivity contribution is 9.10. The Morgan fingerprint density at radius 3 is 2.93 bits per heavy atom. The Bertz CT molecular complexity index is 1150. The standard InChI is InChI=1S/C20H17BrN4O3/c21-13-4-5-16-15(8-13)12(10-22-16)7-17(20(27)28)24-19(26)9-14-11-25-6-2-1-3-18(25)23-14/h1-6,8,10-11,17,22H,7,9H2,(H,24,26)(H,27,28)/t17-/m1/s1. The highest BCUT2D eigenvalue weighted by atomic mass is 79.9. The van der Waals surface area contributed by atoms with Gasteiger partial charge in [-0.3, -0.25) is 4.79 Å². The van der Waals surface area contributed by atoms with Crippen LogP contribution in [0.4, 0.5) is 0 Å². The van der Waals surface area contributed by atoms with Crippen LogP contribution in [0.3, 0.4) is 0 Å². The van der Waals surface area contributed by atoms with Crippen LogP contribution >= 0.6 is 15.9 Å². The average molecular weight is 441 g/mol. The normalized spacial score (nSPS) is 12.3. The molecule has 0 unspecified atom stereocenters. The largest absolute Gasteiger partial charge is 0.480 e. The molecule has 0 saturated carbocycles. The molecule has 0 aliphatic rings. The van der Waals surface area contributed by atoms with Gasteiger partial charge < -0.3 is 19.8 Å². The molecule has 8 heteroatoms. The van der Waals surface area contributed by atoms with Gasteiger partial charge in [0, 0.05) is 40.4 Å². The number of pyridine rings is 1. The maximum atomic E-state index is 12.4. The predicted molar refractivity (Wildman–Crippen MR) is 108 cm³/mol. The Labute approximate surface area is 168 Å². The summed E-state index contributed by atoms with van der Waals surface area (Å²) in [6, 6.07) is 10.3. The number of nitrogens with zero attached hydrogens (tertiary/aromatic N) is 2. The number of aromatic amines is 1. The number of benzene rings is 1. The van der Waals surface area contributed by atoms with Gasteiger partial charge in [0.05, 0.1) is 12.1 Å². The van der Waals surface area contributed by atoms with Crippen LogP contribution in [0, 0.1) is 0 Å². The van der Waals surface area contributed by atoms with E-state index < -0.39 is 12.0 Å². The monoisotopic (exact) mass is 440 g/mol. The zero-order chi connectivity index (χ0) is 19.7. The first-order chi connectivity index (χ1) is 13.5. The Balaban J connectivity index is 1.49. The summed E-state index contributed by atoms with van der Waals surface area (Å²) in [4.78, 5) is 31.6. The molecule has 0 aliphatic heterocycles. The number of aliphatic carboxylic acids is 1. The highest BCUT2D eigenvalue weighted by Crippen LogP contribution is 2.23. The molecule has 3 N–H and O–H groups in total. The fraction of sp³-hybridized carbons (Fsp3) is 0.150. The lowest BCUT2D eigenvalue weighted by Gasteiger charge is -2.14. The van der Waals surface area contributed by atoms with Gasteiger partial charge >= 0.3 is 5.97 Å². The summed E-state index contributed by atoms with van der Waals surface area (Å²) in [6.07, 6.45) is 5.59. The maximum Gasteiger partial charge on any atom is 0.326 e. The Kier molecular flexibility index (Phi) is 4.87. The molecule has 3 aromatic heterocycles. The van der Waals surface area contributed by atoms with Gasteiger partial charge in [0.15, 0.2) is 0 Å². The number of rotatable bonds is 6. The van der Waals surface area contributed by atoms with Crippen LogP contribution in [-0.2, 0) is 22.4 Å². The molecule has 0 saturated heterocycles. The summed E-state index contributed by atoms with van der Waals surface area (Å²) in [5.74, 6) is -1.45. The average Bonchev–Trinajstić information content (AvgIpc) is 3.24. The van der Waals surface area contributed by atoms with Gasteiger partial charge in [0.2, 0.25) is 5.91 Å². The zero-order valence-electron chi connectivity index (χ0n) is 14.7. The molecule has 3 heterocycles. The summed E-state index contributed by atoms with van der Waals surface area (Å²) >= 11 is 3.43. The summed E-state index contributed by atoms with van der Waals surface area (Å²) in [5, 5.41) is 13.1. The lowest BCUT2D eigenvalue weighted by molar-refractivity contribution is -0.141. The van der Waals surface area contributed by atoms with Crippen molar-refractivity contribution in [2.45, 2.75) is 18.9 Å². The molecule has 4 rings (SSSR count). The van der Waals surface area contributed by atoms with E-state index in [4.69, 9.17) is 0 Å². The van der Waals surface area contributed by atoms with Crippen LogP contribution in [0.25, 0.3) is 16.6 Å². The van der Waals surface area contributed by atoms with Crippen molar-refractivity contribution in [3.05, 3.63) is 70.7 Å². The first kappa shape index (κ1) is 18.2. The van der Waals surface area contributed by atoms with Crippen molar-refractivity contribution in [3.63, 3.8) is 0 Å². The van der Waals surface area contributed by atoms with E-state index in [1.54, 1.807) is 12.4 Å². The van der Waals surface area contributed by atoms with E-state index in [2.05, 4.69) is 31.2 Å². The van der Waals surface area contributed by atoms with E-state index >= 15 is 0 Å². The van der Waals surface area contributed by atoms with Crippen molar-refractivity contribution in [2.75, 3.05) is 0 Å². The highest BCUT2D eigenvalue weighted by Gasteiger charge is 2.22. The summed E-state index contributed by atoms with van der Waals surface area (Å²) < 4.78 is 2.73. The minimum Gasteiger partial charge on any atom is -0.480 e. The smallest absolute Gasteiger partial charge is 0.326 e. The molecular weight excluding hydrogens is 424 g/mol. The quantitative estimate of drug-likeness (QED) is 0.429. The van der Waals surface area contributed by atoms with Crippen molar-refractivity contribution in [1.29, 1.82) is 0 Å². The number of carboxylic acid groups (broad SMARTS) is 1. The molecule has 28 heavy (non-hydrogen) atoms. The number of fused-ring (bicyclic) bond motifs is 2. The first-order valence-corrected chi connectivity index (χ1v) is 9.49. The van der Waals surface area contributed by atoms with Gasteiger partial charge in [-0.15, -0.1) is 0 Å². The van der Waals surface area contributed by atoms with E-state index in [-0.39, 0.29) is 18.7 Å². The lowest BCUT2D eigenvalue weighted by Crippen LogP contribution is -2.43. The number of hydrogen-bond donors (Lipinski definition) is 3. The van der Waals surface area contributed by atoms with Crippen LogP contribution in [0.2, 0.25) is 0 Å². The van der Waals surface area contributed by atoms with Crippen LogP contribution in [0.5, 0.6) is 0 Å². The van der Waals surface area contributed by atoms with E-state index in [9.17, 15) is 14.7 Å². The van der Waals surface area contributed by atoms with Gasteiger partial charge in [-0.05, 0) is 35.9 Å². The minimum absolute atomic E-state index is 0.0187. The molecule has 0 bridgehead atoms. The number of nitrogens with one attached hydrogen (secondary N) is 2. The molecule has 0 fully saturated rings. The van der Waals surface area contributed by atoms with Crippen LogP contribution in [0.15, 0.2) is 59.5 Å². The van der Waals surface area contributed by atoms with Crippen molar-refractivity contribution in [2.24, 2.45) is 0 Å². The number of carbonyl (C=O) groups excluding carboxylic acids is 1. The lowest BCUT2D eigenvalue weighted by atomic mass is 10.0. The summed E-state index contributed by atoms with van der Waals surface area (Å²) in [7, 11) is 0. The third-order valence-electron chi connectivity index (χ3n) is 4.54. The SMILES string of the molecule is O=C(Cc1cn2ccccc2n1)N[C@H](Cc1c[nH]c2ccc(Br)cc12)C(=O)O. The molecular formula is C20H17BrN4O3. The molecule has 4 aromatic rings. The second kappa shape index (κ2) is 7.47. The molecule has 0 aliphatic carbocycles. The Morgan fingerprint density at radius 1 is 1.29 bits per heavy atom. The maximum absolute atomic E-state index is 12.4. The third kappa shape index (κ3) is 3.77. The van der Waals surface area contributed by atoms with Crippen LogP contribution in [-0.4, -0.2) is 37.4 Å². The number of carboxylic acids is 1. The molecule has 142 valence electrons. The van der Waals surface area contributed by atoms with E-state index in [1.807, 2.05) is 47.0 Å². The molecule has 1 atom stereocenters. The molecule has 0 spiro atoms. The van der Waals surface area contributed by atoms with Crippen LogP contribution in [0.1, 0.15) is 11.3 Å². The summed E-state index contributed by atoms with van der Waals surface area (Å²) in [5.41, 5.74) is 3.07. The topological polar surface area (TPSA) is 99.5 Å². The Hall–Kier alpha value is -3.13. The van der Waals surface area contributed by atoms with Crippen molar-refractivity contribution in [3.8, 4) is 0 Å². The second-order valence-corrected chi connectivity index (χ2v) is 7.46. The number of halogens is 1. The van der Waals surface area contributed by atoms with Crippen molar-refractivity contribution < 1.29 is 14.7 Å². The van der Waals surface area contributed by atoms with Gasteiger partial charge in [-0.25, -0.2) is 9.78 Å². The van der Waals surface area contributed by atoms with Gasteiger partial charge in [0.25, 0.3) is 0 Å². The Morgan fingerprint density at radius 2 is 2.14 bits per heavy atom. The number of hydrogen-bond acceptors (Lipinski definition) is 3. The van der Waals surface area contributed by atoms with Crippen molar-refractivity contribution >= 4 is 44.4 Å². The number of amides is 1. The molecule has 1 amide bonds. The predicted octanol–water partition coefficient (Wildman–Crippen LogP) is 2.93. The van der Waals surface area contributed by atoms with E-state index in [0.29, 0.717) is 5.69 Å². The molecule has 7 nitrogen and oxygen atoms in total. The number of aromatic nitrogens is 3. The fourth-order valence-electron chi connectivity index (χ4n) is 3.22. The number of carbonyl (C=O) groups is 2. The second-order valence-electron chi connectivity index (χ2n) is 6.54. The zero-order valence-corrected chi connectivity index (χ0v) is 16.3. The molecule has 0 radical (unpaired) electrons. The van der Waals surface area contributed by atoms with Crippen molar-refractivity contribution in [1.82, 2.24) is 19.7 Å². The van der Waals surface area contributed by atoms with E-state index in [0.717, 1.165) is 26.6 Å². The van der Waals surface area contributed by atoms with Gasteiger partial charge in [-0.1, -0.05) is 22.0 Å². The van der Waals surface area contributed by atoms with Crippen LogP contribution < -0.4 is 5.32 Å². The molecule has 1 aromatic carbocycles. The summed E-state index contributed by atoms with van der Waals surface area (Å²) in [6.45, 7) is 0. The number of H-pyrrole nitrogens is 1. The minimum atomic E-state index is -1.08. The number of imidazole rings is 1. The fourth-order valence-corrected chi connectivity index (χ4v) is 3.58. The van der Waals surface area contributed by atoms with E-state index in [1.165, 1.54) is 0 Å². The van der Waals surface area contributed by atoms with Gasteiger partial charge in [0.1, 0.15) is 11.7 Å².